The number of aromatic nitrogens is 1. The van der Waals surface area contributed by atoms with Crippen LogP contribution in [0.3, 0.4) is 0 Å². The molecule has 0 saturated carbocycles. The number of ketones is 1. The summed E-state index contributed by atoms with van der Waals surface area (Å²) >= 11 is 0. The zero-order chi connectivity index (χ0) is 19.2. The van der Waals surface area contributed by atoms with Gasteiger partial charge < -0.3 is 9.64 Å². The number of ether oxygens (including phenoxy) is 1. The summed E-state index contributed by atoms with van der Waals surface area (Å²) < 4.78 is 4.87. The number of Topliss-reactive ketones (excluding diaryl/α,β-unsaturated/α-hetero) is 1. The molecule has 6 nitrogen and oxygen atoms in total. The van der Waals surface area contributed by atoms with Crippen molar-refractivity contribution in [2.75, 3.05) is 6.54 Å². The quantitative estimate of drug-likeness (QED) is 0.422. The number of carbonyl (C=O) groups excluding carboxylic acids is 3. The fraction of sp³-hybridized carbons (Fsp3) is 0.600. The Hall–Kier alpha value is -2.24. The number of aryl methyl sites for hydroxylation is 1. The highest BCUT2D eigenvalue weighted by atomic mass is 16.6. The van der Waals surface area contributed by atoms with Gasteiger partial charge in [-0.05, 0) is 50.2 Å². The first-order valence-corrected chi connectivity index (χ1v) is 9.31. The Kier molecular flexibility index (Phi) is 6.89. The lowest BCUT2D eigenvalue weighted by atomic mass is 9.85. The molecule has 0 bridgehead atoms. The van der Waals surface area contributed by atoms with Gasteiger partial charge in [0.25, 0.3) is 0 Å². The number of esters is 1. The summed E-state index contributed by atoms with van der Waals surface area (Å²) in [5.41, 5.74) is 0.355. The minimum atomic E-state index is -1.05. The highest BCUT2D eigenvalue weighted by Gasteiger charge is 2.36. The van der Waals surface area contributed by atoms with Crippen molar-refractivity contribution in [2.24, 2.45) is 5.41 Å². The maximum atomic E-state index is 12.3. The van der Waals surface area contributed by atoms with E-state index in [0.29, 0.717) is 13.0 Å². The summed E-state index contributed by atoms with van der Waals surface area (Å²) in [4.78, 5) is 42.1. The molecule has 1 saturated heterocycles. The van der Waals surface area contributed by atoms with Crippen molar-refractivity contribution >= 4 is 17.8 Å². The van der Waals surface area contributed by atoms with Gasteiger partial charge in [0.2, 0.25) is 5.78 Å². The molecular formula is C20H28N2O4. The highest BCUT2D eigenvalue weighted by molar-refractivity contribution is 6.37. The Morgan fingerprint density at radius 2 is 2.12 bits per heavy atom. The molecule has 1 atom stereocenters. The Labute approximate surface area is 154 Å². The van der Waals surface area contributed by atoms with Gasteiger partial charge in [-0.3, -0.25) is 9.78 Å². The van der Waals surface area contributed by atoms with E-state index in [1.54, 1.807) is 24.9 Å². The molecule has 1 aliphatic heterocycles. The number of carbonyl (C=O) groups is 3. The summed E-state index contributed by atoms with van der Waals surface area (Å²) in [5.74, 6) is -1.71. The Morgan fingerprint density at radius 3 is 2.77 bits per heavy atom. The smallest absolute Gasteiger partial charge is 0.370 e. The van der Waals surface area contributed by atoms with E-state index in [2.05, 4.69) is 4.98 Å². The van der Waals surface area contributed by atoms with Gasteiger partial charge in [-0.1, -0.05) is 26.8 Å². The fourth-order valence-electron chi connectivity index (χ4n) is 3.09. The summed E-state index contributed by atoms with van der Waals surface area (Å²) in [6, 6.07) is 4.00. The monoisotopic (exact) mass is 360 g/mol. The zero-order valence-corrected chi connectivity index (χ0v) is 15.9. The van der Waals surface area contributed by atoms with Crippen molar-refractivity contribution in [2.45, 2.75) is 65.3 Å². The van der Waals surface area contributed by atoms with E-state index >= 15 is 0 Å². The highest BCUT2D eigenvalue weighted by Crippen LogP contribution is 2.25. The molecule has 142 valence electrons. The van der Waals surface area contributed by atoms with E-state index in [0.717, 1.165) is 32.1 Å². The van der Waals surface area contributed by atoms with Crippen molar-refractivity contribution in [3.63, 3.8) is 0 Å². The van der Waals surface area contributed by atoms with Gasteiger partial charge in [0, 0.05) is 30.4 Å². The number of amides is 1. The van der Waals surface area contributed by atoms with E-state index in [4.69, 9.17) is 4.74 Å². The van der Waals surface area contributed by atoms with Crippen LogP contribution in [0.15, 0.2) is 24.5 Å². The standard InChI is InChI=1S/C20H28N2O4/c1-4-20(2,3)17(23)18(24)26-19(25)22-13-7-11-16(22)10-5-8-15-9-6-12-21-14-15/h6,9,12,14,16H,4-5,7-8,10-11,13H2,1-3H3/t16-/m0/s1. The van der Waals surface area contributed by atoms with Gasteiger partial charge >= 0.3 is 12.1 Å². The molecule has 0 radical (unpaired) electrons. The second-order valence-corrected chi connectivity index (χ2v) is 7.46. The molecule has 0 aliphatic carbocycles. The van der Waals surface area contributed by atoms with Crippen molar-refractivity contribution in [3.8, 4) is 0 Å². The van der Waals surface area contributed by atoms with E-state index in [1.807, 2.05) is 25.3 Å². The van der Waals surface area contributed by atoms with Crippen LogP contribution in [0.5, 0.6) is 0 Å². The average Bonchev–Trinajstić information content (AvgIpc) is 3.10. The molecule has 2 heterocycles. The number of nitrogens with zero attached hydrogens (tertiary/aromatic N) is 2. The van der Waals surface area contributed by atoms with Crippen LogP contribution >= 0.6 is 0 Å². The number of likely N-dealkylation sites (tertiary alicyclic amines) is 1. The van der Waals surface area contributed by atoms with Crippen LogP contribution in [0.1, 0.15) is 58.4 Å². The maximum Gasteiger partial charge on any atom is 0.418 e. The van der Waals surface area contributed by atoms with Crippen LogP contribution in [-0.2, 0) is 20.7 Å². The summed E-state index contributed by atoms with van der Waals surface area (Å²) in [7, 11) is 0. The predicted octanol–water partition coefficient (Wildman–Crippen LogP) is 3.54. The van der Waals surface area contributed by atoms with Gasteiger partial charge in [-0.25, -0.2) is 9.59 Å². The third-order valence-electron chi connectivity index (χ3n) is 5.20. The van der Waals surface area contributed by atoms with Gasteiger partial charge in [-0.2, -0.15) is 0 Å². The molecule has 1 aromatic heterocycles. The molecule has 1 aromatic rings. The molecule has 0 unspecified atom stereocenters. The van der Waals surface area contributed by atoms with Crippen LogP contribution in [0.2, 0.25) is 0 Å². The van der Waals surface area contributed by atoms with Crippen LogP contribution in [0.4, 0.5) is 4.79 Å². The Bertz CT molecular complexity index is 642. The molecular weight excluding hydrogens is 332 g/mol. The molecule has 2 rings (SSSR count). The predicted molar refractivity (Wildman–Crippen MR) is 97.5 cm³/mol. The summed E-state index contributed by atoms with van der Waals surface area (Å²) in [5, 5.41) is 0. The van der Waals surface area contributed by atoms with Crippen molar-refractivity contribution in [1.29, 1.82) is 0 Å². The number of hydrogen-bond donors (Lipinski definition) is 0. The average molecular weight is 360 g/mol. The van der Waals surface area contributed by atoms with Crippen LogP contribution in [0, 0.1) is 5.41 Å². The molecule has 0 spiro atoms. The first kappa shape index (κ1) is 20.1. The maximum absolute atomic E-state index is 12.3. The molecule has 0 N–H and O–H groups in total. The summed E-state index contributed by atoms with van der Waals surface area (Å²) in [6.45, 7) is 5.75. The number of hydrogen-bond acceptors (Lipinski definition) is 5. The first-order valence-electron chi connectivity index (χ1n) is 9.31. The van der Waals surface area contributed by atoms with E-state index in [9.17, 15) is 14.4 Å². The second kappa shape index (κ2) is 8.92. The largest absolute Gasteiger partial charge is 0.418 e. The van der Waals surface area contributed by atoms with Crippen LogP contribution in [-0.4, -0.2) is 40.3 Å². The van der Waals surface area contributed by atoms with E-state index in [-0.39, 0.29) is 6.04 Å². The number of rotatable bonds is 7. The SMILES string of the molecule is CCC(C)(C)C(=O)C(=O)OC(=O)N1CCC[C@@H]1CCCc1cccnc1. The lowest BCUT2D eigenvalue weighted by Crippen LogP contribution is -2.40. The molecule has 26 heavy (non-hydrogen) atoms. The normalized spacial score (nSPS) is 17.2. The van der Waals surface area contributed by atoms with Crippen LogP contribution in [0.25, 0.3) is 0 Å². The molecule has 6 heteroatoms. The van der Waals surface area contributed by atoms with Gasteiger partial charge in [0.15, 0.2) is 0 Å². The lowest BCUT2D eigenvalue weighted by molar-refractivity contribution is -0.154. The molecule has 1 fully saturated rings. The first-order chi connectivity index (χ1) is 12.3. The van der Waals surface area contributed by atoms with E-state index in [1.165, 1.54) is 5.56 Å². The second-order valence-electron chi connectivity index (χ2n) is 7.46. The minimum absolute atomic E-state index is 0.0567. The lowest BCUT2D eigenvalue weighted by Gasteiger charge is -2.24. The molecule has 0 aromatic carbocycles. The molecule has 1 aliphatic rings. The Balaban J connectivity index is 1.85. The van der Waals surface area contributed by atoms with Gasteiger partial charge in [0.05, 0.1) is 0 Å². The fourth-order valence-corrected chi connectivity index (χ4v) is 3.09. The molecule has 1 amide bonds. The third-order valence-corrected chi connectivity index (χ3v) is 5.20. The van der Waals surface area contributed by atoms with E-state index < -0.39 is 23.3 Å². The van der Waals surface area contributed by atoms with Crippen molar-refractivity contribution in [3.05, 3.63) is 30.1 Å². The van der Waals surface area contributed by atoms with Crippen molar-refractivity contribution in [1.82, 2.24) is 9.88 Å². The zero-order valence-electron chi connectivity index (χ0n) is 15.9. The topological polar surface area (TPSA) is 76.6 Å². The Morgan fingerprint density at radius 1 is 1.35 bits per heavy atom. The summed E-state index contributed by atoms with van der Waals surface area (Å²) in [6.07, 6.45) is 7.85. The number of pyridine rings is 1. The third kappa shape index (κ3) is 5.13. The van der Waals surface area contributed by atoms with Gasteiger partial charge in [-0.15, -0.1) is 0 Å². The van der Waals surface area contributed by atoms with Crippen molar-refractivity contribution < 1.29 is 19.1 Å². The van der Waals surface area contributed by atoms with Crippen LogP contribution < -0.4 is 0 Å². The minimum Gasteiger partial charge on any atom is -0.370 e. The van der Waals surface area contributed by atoms with Gasteiger partial charge in [0.1, 0.15) is 0 Å².